The molecule has 0 bridgehead atoms. The molecule has 4 heteroatoms. The van der Waals surface area contributed by atoms with Crippen LogP contribution in [-0.4, -0.2) is 32.8 Å². The number of benzene rings is 1. The van der Waals surface area contributed by atoms with Crippen LogP contribution < -0.4 is 15.0 Å². The van der Waals surface area contributed by atoms with E-state index in [9.17, 15) is 4.39 Å². The van der Waals surface area contributed by atoms with E-state index in [2.05, 4.69) is 17.1 Å². The number of halogens is 1. The van der Waals surface area contributed by atoms with Crippen LogP contribution in [-0.2, 0) is 0 Å². The lowest BCUT2D eigenvalue weighted by atomic mass is 10.1. The van der Waals surface area contributed by atoms with Crippen molar-refractivity contribution < 1.29 is 9.13 Å². The normalized spacial score (nSPS) is 19.9. The summed E-state index contributed by atoms with van der Waals surface area (Å²) in [6, 6.07) is 5.61. The molecule has 1 atom stereocenters. The van der Waals surface area contributed by atoms with Crippen LogP contribution in [0.2, 0.25) is 0 Å². The molecule has 1 aliphatic heterocycles. The molecule has 1 fully saturated rings. The van der Waals surface area contributed by atoms with Crippen LogP contribution in [0.4, 0.5) is 10.1 Å². The van der Waals surface area contributed by atoms with Crippen molar-refractivity contribution in [3.8, 4) is 5.75 Å². The molecular weight excluding hydrogens is 231 g/mol. The summed E-state index contributed by atoms with van der Waals surface area (Å²) in [4.78, 5) is 2.29. The number of nitrogens with one attached hydrogen (secondary N) is 1. The lowest BCUT2D eigenvalue weighted by Crippen LogP contribution is -2.50. The Labute approximate surface area is 108 Å². The van der Waals surface area contributed by atoms with Crippen LogP contribution in [0, 0.1) is 5.82 Å². The molecule has 3 nitrogen and oxygen atoms in total. The fourth-order valence-electron chi connectivity index (χ4n) is 2.45. The van der Waals surface area contributed by atoms with Crippen molar-refractivity contribution in [3.63, 3.8) is 0 Å². The van der Waals surface area contributed by atoms with Gasteiger partial charge in [-0.25, -0.2) is 4.39 Å². The number of nitrogens with zero attached hydrogens (tertiary/aromatic N) is 1. The third-order valence-corrected chi connectivity index (χ3v) is 3.39. The number of rotatable bonds is 4. The van der Waals surface area contributed by atoms with Crippen molar-refractivity contribution >= 4 is 5.69 Å². The van der Waals surface area contributed by atoms with E-state index >= 15 is 0 Å². The standard InChI is InChI=1S/C14H21FN2O/c1-3-4-11-10-17(8-7-16-11)12-5-6-13(15)14(9-12)18-2/h5-6,9,11,16H,3-4,7-8,10H2,1-2H3. The van der Waals surface area contributed by atoms with Gasteiger partial charge in [0.2, 0.25) is 0 Å². The fourth-order valence-corrected chi connectivity index (χ4v) is 2.45. The summed E-state index contributed by atoms with van der Waals surface area (Å²) in [6.45, 7) is 5.10. The molecule has 1 heterocycles. The highest BCUT2D eigenvalue weighted by Gasteiger charge is 2.19. The Morgan fingerprint density at radius 3 is 3.06 bits per heavy atom. The molecule has 0 amide bonds. The zero-order valence-corrected chi connectivity index (χ0v) is 11.1. The van der Waals surface area contributed by atoms with Gasteiger partial charge >= 0.3 is 0 Å². The van der Waals surface area contributed by atoms with Gasteiger partial charge in [-0.1, -0.05) is 13.3 Å². The first-order chi connectivity index (χ1) is 8.74. The molecule has 1 aliphatic rings. The summed E-state index contributed by atoms with van der Waals surface area (Å²) < 4.78 is 18.4. The minimum atomic E-state index is -0.304. The monoisotopic (exact) mass is 252 g/mol. The molecule has 100 valence electrons. The maximum absolute atomic E-state index is 13.4. The van der Waals surface area contributed by atoms with Gasteiger partial charge in [-0.05, 0) is 18.6 Å². The van der Waals surface area contributed by atoms with Gasteiger partial charge in [0, 0.05) is 37.4 Å². The molecule has 0 spiro atoms. The number of ether oxygens (including phenoxy) is 1. The van der Waals surface area contributed by atoms with Crippen molar-refractivity contribution in [2.24, 2.45) is 0 Å². The quantitative estimate of drug-likeness (QED) is 0.890. The maximum atomic E-state index is 13.4. The van der Waals surface area contributed by atoms with E-state index in [1.54, 1.807) is 6.07 Å². The molecule has 18 heavy (non-hydrogen) atoms. The Morgan fingerprint density at radius 1 is 1.50 bits per heavy atom. The van der Waals surface area contributed by atoms with Gasteiger partial charge in [0.05, 0.1) is 7.11 Å². The fraction of sp³-hybridized carbons (Fsp3) is 0.571. The van der Waals surface area contributed by atoms with Gasteiger partial charge in [0.1, 0.15) is 0 Å². The SMILES string of the molecule is CCCC1CN(c2ccc(F)c(OC)c2)CCN1. The summed E-state index contributed by atoms with van der Waals surface area (Å²) in [7, 11) is 1.50. The summed E-state index contributed by atoms with van der Waals surface area (Å²) >= 11 is 0. The number of methoxy groups -OCH3 is 1. The first-order valence-electron chi connectivity index (χ1n) is 6.56. The van der Waals surface area contributed by atoms with Gasteiger partial charge in [-0.3, -0.25) is 0 Å². The van der Waals surface area contributed by atoms with Crippen LogP contribution >= 0.6 is 0 Å². The smallest absolute Gasteiger partial charge is 0.165 e. The predicted octanol–water partition coefficient (Wildman–Crippen LogP) is 2.41. The van der Waals surface area contributed by atoms with Crippen molar-refractivity contribution in [2.75, 3.05) is 31.6 Å². The molecule has 2 rings (SSSR count). The molecule has 1 N–H and O–H groups in total. The van der Waals surface area contributed by atoms with E-state index in [0.29, 0.717) is 11.8 Å². The third-order valence-electron chi connectivity index (χ3n) is 3.39. The Kier molecular flexibility index (Phi) is 4.42. The Morgan fingerprint density at radius 2 is 2.33 bits per heavy atom. The number of hydrogen-bond donors (Lipinski definition) is 1. The highest BCUT2D eigenvalue weighted by atomic mass is 19.1. The molecule has 0 aromatic heterocycles. The molecule has 0 saturated carbocycles. The Bertz CT molecular complexity index is 395. The second-order valence-electron chi connectivity index (χ2n) is 4.70. The highest BCUT2D eigenvalue weighted by Crippen LogP contribution is 2.25. The van der Waals surface area contributed by atoms with Crippen molar-refractivity contribution in [2.45, 2.75) is 25.8 Å². The first-order valence-corrected chi connectivity index (χ1v) is 6.56. The van der Waals surface area contributed by atoms with Gasteiger partial charge in [0.15, 0.2) is 11.6 Å². The number of hydrogen-bond acceptors (Lipinski definition) is 3. The molecule has 1 aromatic carbocycles. The zero-order valence-electron chi connectivity index (χ0n) is 11.1. The average molecular weight is 252 g/mol. The van der Waals surface area contributed by atoms with E-state index in [1.165, 1.54) is 26.0 Å². The summed E-state index contributed by atoms with van der Waals surface area (Å²) in [5, 5.41) is 3.51. The molecule has 0 aliphatic carbocycles. The molecule has 1 unspecified atom stereocenters. The Hall–Kier alpha value is -1.29. The van der Waals surface area contributed by atoms with Crippen LogP contribution in [0.5, 0.6) is 5.75 Å². The molecule has 0 radical (unpaired) electrons. The van der Waals surface area contributed by atoms with E-state index < -0.39 is 0 Å². The van der Waals surface area contributed by atoms with Gasteiger partial charge in [-0.15, -0.1) is 0 Å². The first kappa shape index (κ1) is 13.1. The molecular formula is C14H21FN2O. The maximum Gasteiger partial charge on any atom is 0.165 e. The highest BCUT2D eigenvalue weighted by molar-refractivity contribution is 5.51. The van der Waals surface area contributed by atoms with Crippen molar-refractivity contribution in [3.05, 3.63) is 24.0 Å². The largest absolute Gasteiger partial charge is 0.494 e. The van der Waals surface area contributed by atoms with E-state index in [4.69, 9.17) is 4.74 Å². The van der Waals surface area contributed by atoms with Crippen LogP contribution in [0.3, 0.4) is 0 Å². The van der Waals surface area contributed by atoms with Gasteiger partial charge in [-0.2, -0.15) is 0 Å². The zero-order chi connectivity index (χ0) is 13.0. The summed E-state index contributed by atoms with van der Waals surface area (Å²) in [5.41, 5.74) is 1.04. The second kappa shape index (κ2) is 6.05. The average Bonchev–Trinajstić information content (AvgIpc) is 2.40. The molecule has 1 saturated heterocycles. The van der Waals surface area contributed by atoms with E-state index in [1.807, 2.05) is 6.07 Å². The van der Waals surface area contributed by atoms with Crippen LogP contribution in [0.15, 0.2) is 18.2 Å². The minimum Gasteiger partial charge on any atom is -0.494 e. The summed E-state index contributed by atoms with van der Waals surface area (Å²) in [5.74, 6) is 0.0135. The number of piperazine rings is 1. The Balaban J connectivity index is 2.10. The minimum absolute atomic E-state index is 0.304. The van der Waals surface area contributed by atoms with E-state index in [0.717, 1.165) is 25.3 Å². The summed E-state index contributed by atoms with van der Waals surface area (Å²) in [6.07, 6.45) is 2.35. The van der Waals surface area contributed by atoms with Crippen LogP contribution in [0.1, 0.15) is 19.8 Å². The molecule has 1 aromatic rings. The topological polar surface area (TPSA) is 24.5 Å². The van der Waals surface area contributed by atoms with Crippen molar-refractivity contribution in [1.29, 1.82) is 0 Å². The lowest BCUT2D eigenvalue weighted by molar-refractivity contribution is 0.385. The second-order valence-corrected chi connectivity index (χ2v) is 4.70. The van der Waals surface area contributed by atoms with Crippen LogP contribution in [0.25, 0.3) is 0 Å². The van der Waals surface area contributed by atoms with Crippen molar-refractivity contribution in [1.82, 2.24) is 5.32 Å². The lowest BCUT2D eigenvalue weighted by Gasteiger charge is -2.35. The van der Waals surface area contributed by atoms with E-state index in [-0.39, 0.29) is 5.82 Å². The van der Waals surface area contributed by atoms with Gasteiger partial charge < -0.3 is 15.0 Å². The van der Waals surface area contributed by atoms with Gasteiger partial charge in [0.25, 0.3) is 0 Å². The third kappa shape index (κ3) is 2.93. The predicted molar refractivity (Wildman–Crippen MR) is 71.9 cm³/mol. The number of anilines is 1.